The smallest absolute Gasteiger partial charge is 0.307 e. The molecule has 0 aromatic heterocycles. The molecule has 0 saturated carbocycles. The molecule has 0 amide bonds. The maximum atomic E-state index is 11.4. The molecule has 1 heterocycles. The maximum absolute atomic E-state index is 11.4. The van der Waals surface area contributed by atoms with Crippen molar-refractivity contribution in [1.29, 1.82) is 0 Å². The van der Waals surface area contributed by atoms with Crippen molar-refractivity contribution < 1.29 is 14.6 Å². The Bertz CT molecular complexity index is 588. The fourth-order valence-corrected chi connectivity index (χ4v) is 2.63. The molecule has 1 aliphatic rings. The zero-order valence-corrected chi connectivity index (χ0v) is 10.5. The summed E-state index contributed by atoms with van der Waals surface area (Å²) in [6.45, 7) is 1.74. The van der Waals surface area contributed by atoms with E-state index in [1.54, 1.807) is 6.92 Å². The highest BCUT2D eigenvalue weighted by Crippen LogP contribution is 2.47. The van der Waals surface area contributed by atoms with E-state index in [4.69, 9.17) is 4.74 Å². The Morgan fingerprint density at radius 1 is 1.05 bits per heavy atom. The third-order valence-corrected chi connectivity index (χ3v) is 3.62. The van der Waals surface area contributed by atoms with Crippen LogP contribution in [0, 0.1) is 5.92 Å². The van der Waals surface area contributed by atoms with Crippen molar-refractivity contribution in [3.05, 3.63) is 59.7 Å². The molecule has 1 aliphatic heterocycles. The van der Waals surface area contributed by atoms with E-state index in [1.807, 2.05) is 48.5 Å². The number of hydrogen-bond donors (Lipinski definition) is 1. The number of para-hydroxylation sites is 2. The van der Waals surface area contributed by atoms with Gasteiger partial charge in [-0.3, -0.25) is 4.79 Å². The van der Waals surface area contributed by atoms with Crippen LogP contribution in [0.15, 0.2) is 48.5 Å². The van der Waals surface area contributed by atoms with Crippen molar-refractivity contribution >= 4 is 5.97 Å². The SMILES string of the molecule is CC(C(=O)O)C1c2ccccc2Oc2ccccc21. The molecule has 3 nitrogen and oxygen atoms in total. The van der Waals surface area contributed by atoms with Crippen molar-refractivity contribution in [3.8, 4) is 11.5 Å². The van der Waals surface area contributed by atoms with Crippen LogP contribution in [0.5, 0.6) is 11.5 Å². The summed E-state index contributed by atoms with van der Waals surface area (Å²) >= 11 is 0. The fourth-order valence-electron chi connectivity index (χ4n) is 2.63. The van der Waals surface area contributed by atoms with Crippen LogP contribution >= 0.6 is 0 Å². The van der Waals surface area contributed by atoms with Crippen LogP contribution in [0.25, 0.3) is 0 Å². The molecule has 0 fully saturated rings. The minimum Gasteiger partial charge on any atom is -0.481 e. The highest BCUT2D eigenvalue weighted by molar-refractivity contribution is 5.73. The Labute approximate surface area is 111 Å². The van der Waals surface area contributed by atoms with Gasteiger partial charge in [0.2, 0.25) is 0 Å². The highest BCUT2D eigenvalue weighted by atomic mass is 16.5. The van der Waals surface area contributed by atoms with Crippen LogP contribution in [-0.4, -0.2) is 11.1 Å². The normalized spacial score (nSPS) is 15.0. The summed E-state index contributed by atoms with van der Waals surface area (Å²) in [5, 5.41) is 9.34. The molecule has 1 atom stereocenters. The Balaban J connectivity index is 2.19. The molecule has 1 N–H and O–H groups in total. The van der Waals surface area contributed by atoms with Crippen LogP contribution in [0.2, 0.25) is 0 Å². The van der Waals surface area contributed by atoms with Gasteiger partial charge in [-0.25, -0.2) is 0 Å². The van der Waals surface area contributed by atoms with Gasteiger partial charge in [0.25, 0.3) is 0 Å². The van der Waals surface area contributed by atoms with E-state index in [-0.39, 0.29) is 5.92 Å². The molecule has 0 aliphatic carbocycles. The Morgan fingerprint density at radius 2 is 1.53 bits per heavy atom. The monoisotopic (exact) mass is 254 g/mol. The average Bonchev–Trinajstić information content (AvgIpc) is 2.43. The zero-order chi connectivity index (χ0) is 13.4. The van der Waals surface area contributed by atoms with Crippen molar-refractivity contribution in [3.63, 3.8) is 0 Å². The summed E-state index contributed by atoms with van der Waals surface area (Å²) in [7, 11) is 0. The highest BCUT2D eigenvalue weighted by Gasteiger charge is 2.34. The number of hydrogen-bond acceptors (Lipinski definition) is 2. The summed E-state index contributed by atoms with van der Waals surface area (Å²) in [6.07, 6.45) is 0. The van der Waals surface area contributed by atoms with Crippen LogP contribution in [0.4, 0.5) is 0 Å². The van der Waals surface area contributed by atoms with Gasteiger partial charge in [0.05, 0.1) is 5.92 Å². The average molecular weight is 254 g/mol. The zero-order valence-electron chi connectivity index (χ0n) is 10.5. The topological polar surface area (TPSA) is 46.5 Å². The number of carbonyl (C=O) groups is 1. The van der Waals surface area contributed by atoms with Crippen LogP contribution < -0.4 is 4.74 Å². The third-order valence-electron chi connectivity index (χ3n) is 3.62. The molecular weight excluding hydrogens is 240 g/mol. The van der Waals surface area contributed by atoms with Crippen molar-refractivity contribution in [2.45, 2.75) is 12.8 Å². The first-order chi connectivity index (χ1) is 9.18. The van der Waals surface area contributed by atoms with Crippen LogP contribution in [0.3, 0.4) is 0 Å². The summed E-state index contributed by atoms with van der Waals surface area (Å²) < 4.78 is 5.84. The van der Waals surface area contributed by atoms with Gasteiger partial charge in [-0.2, -0.15) is 0 Å². The molecule has 96 valence electrons. The van der Waals surface area contributed by atoms with E-state index in [0.717, 1.165) is 22.6 Å². The molecule has 0 spiro atoms. The van der Waals surface area contributed by atoms with Gasteiger partial charge in [0, 0.05) is 17.0 Å². The number of rotatable bonds is 2. The molecule has 0 bridgehead atoms. The molecule has 3 rings (SSSR count). The lowest BCUT2D eigenvalue weighted by Crippen LogP contribution is -2.23. The summed E-state index contributed by atoms with van der Waals surface area (Å²) in [6, 6.07) is 15.3. The van der Waals surface area contributed by atoms with Gasteiger partial charge in [-0.05, 0) is 12.1 Å². The second kappa shape index (κ2) is 4.43. The van der Waals surface area contributed by atoms with Gasteiger partial charge in [0.15, 0.2) is 0 Å². The van der Waals surface area contributed by atoms with Crippen molar-refractivity contribution in [2.24, 2.45) is 5.92 Å². The molecule has 1 unspecified atom stereocenters. The van der Waals surface area contributed by atoms with Crippen LogP contribution in [-0.2, 0) is 4.79 Å². The summed E-state index contributed by atoms with van der Waals surface area (Å²) in [4.78, 5) is 11.4. The number of fused-ring (bicyclic) bond motifs is 2. The van der Waals surface area contributed by atoms with E-state index in [9.17, 15) is 9.90 Å². The van der Waals surface area contributed by atoms with Gasteiger partial charge >= 0.3 is 5.97 Å². The van der Waals surface area contributed by atoms with E-state index in [1.165, 1.54) is 0 Å². The Hall–Kier alpha value is -2.29. The van der Waals surface area contributed by atoms with E-state index in [2.05, 4.69) is 0 Å². The first-order valence-electron chi connectivity index (χ1n) is 6.27. The molecular formula is C16H14O3. The molecule has 2 aromatic carbocycles. The molecule has 0 saturated heterocycles. The van der Waals surface area contributed by atoms with Crippen molar-refractivity contribution in [1.82, 2.24) is 0 Å². The molecule has 19 heavy (non-hydrogen) atoms. The molecule has 2 aromatic rings. The molecule has 3 heteroatoms. The minimum atomic E-state index is -0.795. The lowest BCUT2D eigenvalue weighted by atomic mass is 9.79. The quantitative estimate of drug-likeness (QED) is 0.889. The van der Waals surface area contributed by atoms with Gasteiger partial charge in [-0.15, -0.1) is 0 Å². The van der Waals surface area contributed by atoms with E-state index in [0.29, 0.717) is 0 Å². The molecule has 0 radical (unpaired) electrons. The number of aliphatic carboxylic acids is 1. The van der Waals surface area contributed by atoms with Gasteiger partial charge in [-0.1, -0.05) is 43.3 Å². The largest absolute Gasteiger partial charge is 0.481 e. The Morgan fingerprint density at radius 3 is 2.00 bits per heavy atom. The summed E-state index contributed by atoms with van der Waals surface area (Å²) in [5.74, 6) is 0.0416. The first kappa shape index (κ1) is 11.8. The fraction of sp³-hybridized carbons (Fsp3) is 0.188. The second-order valence-corrected chi connectivity index (χ2v) is 4.78. The lowest BCUT2D eigenvalue weighted by molar-refractivity contribution is -0.141. The second-order valence-electron chi connectivity index (χ2n) is 4.78. The number of carboxylic acid groups (broad SMARTS) is 1. The third kappa shape index (κ3) is 1.87. The summed E-state index contributed by atoms with van der Waals surface area (Å²) in [5.41, 5.74) is 1.88. The van der Waals surface area contributed by atoms with E-state index < -0.39 is 11.9 Å². The predicted octanol–water partition coefficient (Wildman–Crippen LogP) is 3.64. The number of carboxylic acids is 1. The van der Waals surface area contributed by atoms with E-state index >= 15 is 0 Å². The lowest BCUT2D eigenvalue weighted by Gasteiger charge is -2.30. The van der Waals surface area contributed by atoms with Crippen LogP contribution in [0.1, 0.15) is 24.0 Å². The Kier molecular flexibility index (Phi) is 2.75. The maximum Gasteiger partial charge on any atom is 0.307 e. The minimum absolute atomic E-state index is 0.168. The first-order valence-corrected chi connectivity index (χ1v) is 6.27. The van der Waals surface area contributed by atoms with Gasteiger partial charge < -0.3 is 9.84 Å². The number of benzene rings is 2. The standard InChI is InChI=1S/C16H14O3/c1-10(16(17)18)15-11-6-2-4-8-13(11)19-14-9-5-3-7-12(14)15/h2-10,15H,1H3,(H,17,18). The van der Waals surface area contributed by atoms with Crippen molar-refractivity contribution in [2.75, 3.05) is 0 Å². The van der Waals surface area contributed by atoms with Gasteiger partial charge in [0.1, 0.15) is 11.5 Å². The number of ether oxygens (including phenoxy) is 1. The predicted molar refractivity (Wildman–Crippen MR) is 71.6 cm³/mol.